The van der Waals surface area contributed by atoms with Gasteiger partial charge in [0.25, 0.3) is 0 Å². The number of nitrogens with zero attached hydrogens (tertiary/aromatic N) is 1. The minimum atomic E-state index is 0.0556. The molecule has 2 heteroatoms. The summed E-state index contributed by atoms with van der Waals surface area (Å²) >= 11 is 0. The molecule has 0 N–H and O–H groups in total. The third-order valence-corrected chi connectivity index (χ3v) is 2.48. The van der Waals surface area contributed by atoms with E-state index in [0.29, 0.717) is 5.57 Å². The first kappa shape index (κ1) is 11.3. The Balaban J connectivity index is 2.44. The summed E-state index contributed by atoms with van der Waals surface area (Å²) in [6.45, 7) is 1.58. The van der Waals surface area contributed by atoms with Crippen LogP contribution >= 0.6 is 0 Å². The van der Waals surface area contributed by atoms with Crippen LogP contribution in [-0.2, 0) is 4.79 Å². The number of pyridine rings is 1. The van der Waals surface area contributed by atoms with E-state index in [1.54, 1.807) is 19.3 Å². The minimum Gasteiger partial charge on any atom is -0.294 e. The Morgan fingerprint density at radius 1 is 1.06 bits per heavy atom. The Morgan fingerprint density at radius 3 is 2.29 bits per heavy atom. The van der Waals surface area contributed by atoms with Crippen molar-refractivity contribution in [1.82, 2.24) is 4.98 Å². The van der Waals surface area contributed by atoms with Gasteiger partial charge in [0.15, 0.2) is 5.78 Å². The molecule has 0 aliphatic heterocycles. The number of aromatic nitrogens is 1. The predicted molar refractivity (Wildman–Crippen MR) is 69.2 cm³/mol. The van der Waals surface area contributed by atoms with Crippen LogP contribution in [0.1, 0.15) is 18.1 Å². The number of carbonyl (C=O) groups is 1. The summed E-state index contributed by atoms with van der Waals surface area (Å²) in [5, 5.41) is 0. The van der Waals surface area contributed by atoms with Gasteiger partial charge in [-0.2, -0.15) is 0 Å². The molecule has 0 fully saturated rings. The second-order valence-electron chi connectivity index (χ2n) is 3.76. The second kappa shape index (κ2) is 5.21. The maximum atomic E-state index is 11.7. The van der Waals surface area contributed by atoms with Crippen LogP contribution in [0.2, 0.25) is 0 Å². The van der Waals surface area contributed by atoms with Crippen LogP contribution in [0.4, 0.5) is 0 Å². The Labute approximate surface area is 101 Å². The van der Waals surface area contributed by atoms with Gasteiger partial charge in [0.05, 0.1) is 0 Å². The topological polar surface area (TPSA) is 30.0 Å². The predicted octanol–water partition coefficient (Wildman–Crippen LogP) is 3.21. The van der Waals surface area contributed by atoms with Gasteiger partial charge in [0.1, 0.15) is 0 Å². The number of carbonyl (C=O) groups excluding carboxylic acids is 1. The van der Waals surface area contributed by atoms with E-state index in [0.717, 1.165) is 11.1 Å². The lowest BCUT2D eigenvalue weighted by Crippen LogP contribution is -1.96. The molecule has 17 heavy (non-hydrogen) atoms. The Kier molecular flexibility index (Phi) is 3.46. The highest BCUT2D eigenvalue weighted by Crippen LogP contribution is 2.18. The van der Waals surface area contributed by atoms with Gasteiger partial charge in [-0.3, -0.25) is 9.78 Å². The molecule has 0 spiro atoms. The summed E-state index contributed by atoms with van der Waals surface area (Å²) in [5.41, 5.74) is 2.63. The van der Waals surface area contributed by atoms with Crippen molar-refractivity contribution in [1.29, 1.82) is 0 Å². The van der Waals surface area contributed by atoms with E-state index in [-0.39, 0.29) is 5.78 Å². The maximum absolute atomic E-state index is 11.7. The number of hydrogen-bond donors (Lipinski definition) is 0. The number of ketones is 1. The van der Waals surface area contributed by atoms with E-state index in [1.807, 2.05) is 48.5 Å². The van der Waals surface area contributed by atoms with E-state index in [2.05, 4.69) is 4.98 Å². The first-order valence-electron chi connectivity index (χ1n) is 5.45. The number of Topliss-reactive ketones (excluding diaryl/α,β-unsaturated/α-hetero) is 1. The summed E-state index contributed by atoms with van der Waals surface area (Å²) in [5.74, 6) is 0.0556. The highest BCUT2D eigenvalue weighted by Gasteiger charge is 2.06. The van der Waals surface area contributed by atoms with Crippen LogP contribution in [0.5, 0.6) is 0 Å². The van der Waals surface area contributed by atoms with Crippen LogP contribution in [0.25, 0.3) is 11.6 Å². The molecule has 0 amide bonds. The monoisotopic (exact) mass is 223 g/mol. The molecule has 84 valence electrons. The molecule has 0 aliphatic rings. The molecule has 0 unspecified atom stereocenters. The Bertz CT molecular complexity index is 529. The summed E-state index contributed by atoms with van der Waals surface area (Å²) < 4.78 is 0. The van der Waals surface area contributed by atoms with Gasteiger partial charge in [-0.05, 0) is 36.3 Å². The van der Waals surface area contributed by atoms with E-state index in [4.69, 9.17) is 0 Å². The molecule has 0 atom stereocenters. The van der Waals surface area contributed by atoms with E-state index < -0.39 is 0 Å². The van der Waals surface area contributed by atoms with Gasteiger partial charge in [-0.25, -0.2) is 0 Å². The van der Waals surface area contributed by atoms with E-state index in [1.165, 1.54) is 0 Å². The normalized spacial score (nSPS) is 11.2. The largest absolute Gasteiger partial charge is 0.294 e. The number of benzene rings is 1. The summed E-state index contributed by atoms with van der Waals surface area (Å²) in [6.07, 6.45) is 5.28. The quantitative estimate of drug-likeness (QED) is 0.748. The smallest absolute Gasteiger partial charge is 0.160 e. The van der Waals surface area contributed by atoms with Crippen LogP contribution in [0, 0.1) is 0 Å². The number of hydrogen-bond acceptors (Lipinski definition) is 2. The van der Waals surface area contributed by atoms with Crippen molar-refractivity contribution >= 4 is 17.4 Å². The van der Waals surface area contributed by atoms with Crippen molar-refractivity contribution < 1.29 is 4.79 Å². The van der Waals surface area contributed by atoms with Crippen molar-refractivity contribution in [2.75, 3.05) is 0 Å². The molecule has 0 saturated carbocycles. The zero-order valence-corrected chi connectivity index (χ0v) is 9.63. The highest BCUT2D eigenvalue weighted by atomic mass is 16.1. The molecule has 2 rings (SSSR count). The second-order valence-corrected chi connectivity index (χ2v) is 3.76. The molecular formula is C15H13NO. The molecule has 0 bridgehead atoms. The third kappa shape index (κ3) is 2.88. The molecule has 0 radical (unpaired) electrons. The molecular weight excluding hydrogens is 210 g/mol. The first-order chi connectivity index (χ1) is 8.27. The summed E-state index contributed by atoms with van der Waals surface area (Å²) in [7, 11) is 0. The lowest BCUT2D eigenvalue weighted by Gasteiger charge is -2.03. The molecule has 2 nitrogen and oxygen atoms in total. The molecule has 1 aromatic carbocycles. The Hall–Kier alpha value is -2.22. The molecule has 0 saturated heterocycles. The fraction of sp³-hybridized carbons (Fsp3) is 0.0667. The van der Waals surface area contributed by atoms with Crippen LogP contribution in [0.15, 0.2) is 54.9 Å². The van der Waals surface area contributed by atoms with Gasteiger partial charge < -0.3 is 0 Å². The standard InChI is InChI=1S/C15H13NO/c1-12(17)15(14-7-9-16-10-8-14)11-13-5-3-2-4-6-13/h2-11H,1H3. The lowest BCUT2D eigenvalue weighted by atomic mass is 10.0. The van der Waals surface area contributed by atoms with Gasteiger partial charge in [-0.15, -0.1) is 0 Å². The molecule has 1 heterocycles. The summed E-state index contributed by atoms with van der Waals surface area (Å²) in [4.78, 5) is 15.6. The van der Waals surface area contributed by atoms with Crippen molar-refractivity contribution in [3.63, 3.8) is 0 Å². The van der Waals surface area contributed by atoms with Crippen molar-refractivity contribution in [2.24, 2.45) is 0 Å². The van der Waals surface area contributed by atoms with Crippen molar-refractivity contribution in [2.45, 2.75) is 6.92 Å². The van der Waals surface area contributed by atoms with Crippen LogP contribution in [-0.4, -0.2) is 10.8 Å². The van der Waals surface area contributed by atoms with Gasteiger partial charge in [-0.1, -0.05) is 30.3 Å². The molecule has 0 aliphatic carbocycles. The van der Waals surface area contributed by atoms with E-state index >= 15 is 0 Å². The number of allylic oxidation sites excluding steroid dienone is 1. The summed E-state index contributed by atoms with van der Waals surface area (Å²) in [6, 6.07) is 13.5. The van der Waals surface area contributed by atoms with Gasteiger partial charge in [0, 0.05) is 18.0 Å². The Morgan fingerprint density at radius 2 is 1.71 bits per heavy atom. The SMILES string of the molecule is CC(=O)C(=Cc1ccccc1)c1ccncc1. The molecule has 2 aromatic rings. The molecule has 1 aromatic heterocycles. The van der Waals surface area contributed by atoms with Crippen molar-refractivity contribution in [3.8, 4) is 0 Å². The van der Waals surface area contributed by atoms with Crippen LogP contribution < -0.4 is 0 Å². The average Bonchev–Trinajstić information content (AvgIpc) is 2.38. The average molecular weight is 223 g/mol. The zero-order valence-electron chi connectivity index (χ0n) is 9.63. The number of rotatable bonds is 3. The fourth-order valence-electron chi connectivity index (χ4n) is 1.64. The fourth-order valence-corrected chi connectivity index (χ4v) is 1.64. The first-order valence-corrected chi connectivity index (χ1v) is 5.45. The maximum Gasteiger partial charge on any atom is 0.160 e. The van der Waals surface area contributed by atoms with Crippen molar-refractivity contribution in [3.05, 3.63) is 66.0 Å². The highest BCUT2D eigenvalue weighted by molar-refractivity contribution is 6.24. The minimum absolute atomic E-state index is 0.0556. The van der Waals surface area contributed by atoms with Gasteiger partial charge in [0.2, 0.25) is 0 Å². The lowest BCUT2D eigenvalue weighted by molar-refractivity contribution is -0.111. The van der Waals surface area contributed by atoms with Crippen LogP contribution in [0.3, 0.4) is 0 Å². The van der Waals surface area contributed by atoms with Gasteiger partial charge >= 0.3 is 0 Å². The van der Waals surface area contributed by atoms with E-state index in [9.17, 15) is 4.79 Å². The zero-order chi connectivity index (χ0) is 12.1. The third-order valence-electron chi connectivity index (χ3n) is 2.48.